The molecule has 0 unspecified atom stereocenters. The molecule has 2 rings (SSSR count). The Labute approximate surface area is 116 Å². The Balaban J connectivity index is 0.00000180. The van der Waals surface area contributed by atoms with E-state index in [0.29, 0.717) is 6.54 Å². The van der Waals surface area contributed by atoms with Crippen molar-refractivity contribution in [3.05, 3.63) is 39.4 Å². The van der Waals surface area contributed by atoms with E-state index in [4.69, 9.17) is 5.11 Å². The van der Waals surface area contributed by atoms with E-state index in [2.05, 4.69) is 4.90 Å². The summed E-state index contributed by atoms with van der Waals surface area (Å²) in [6, 6.07) is 4.32. The van der Waals surface area contributed by atoms with Gasteiger partial charge in [-0.3, -0.25) is 15.0 Å². The maximum Gasteiger partial charge on any atom is 0.342 e. The van der Waals surface area contributed by atoms with E-state index < -0.39 is 10.9 Å². The normalized spacial score (nSPS) is 14.9. The molecule has 6 nitrogen and oxygen atoms in total. The summed E-state index contributed by atoms with van der Waals surface area (Å²) in [5.41, 5.74) is 0.193. The van der Waals surface area contributed by atoms with Gasteiger partial charge in [-0.15, -0.1) is 12.4 Å². The van der Waals surface area contributed by atoms with E-state index in [9.17, 15) is 14.9 Å². The van der Waals surface area contributed by atoms with Gasteiger partial charge in [0.2, 0.25) is 0 Å². The highest BCUT2D eigenvalue weighted by Crippen LogP contribution is 2.22. The van der Waals surface area contributed by atoms with Crippen LogP contribution in [0.15, 0.2) is 18.2 Å². The second kappa shape index (κ2) is 6.49. The van der Waals surface area contributed by atoms with Crippen LogP contribution in [0.2, 0.25) is 0 Å². The van der Waals surface area contributed by atoms with Gasteiger partial charge in [0, 0.05) is 12.6 Å². The number of benzene rings is 1. The first-order valence-electron chi connectivity index (χ1n) is 5.81. The zero-order chi connectivity index (χ0) is 13.1. The van der Waals surface area contributed by atoms with Crippen LogP contribution in [0.1, 0.15) is 28.8 Å². The smallest absolute Gasteiger partial charge is 0.342 e. The quantitative estimate of drug-likeness (QED) is 0.678. The lowest BCUT2D eigenvalue weighted by molar-refractivity contribution is -0.385. The highest BCUT2D eigenvalue weighted by atomic mass is 35.5. The summed E-state index contributed by atoms with van der Waals surface area (Å²) in [7, 11) is 0. The molecule has 104 valence electrons. The van der Waals surface area contributed by atoms with Gasteiger partial charge < -0.3 is 5.11 Å². The topological polar surface area (TPSA) is 83.7 Å². The Kier molecular flexibility index (Phi) is 5.26. The molecule has 19 heavy (non-hydrogen) atoms. The van der Waals surface area contributed by atoms with Crippen molar-refractivity contribution in [2.75, 3.05) is 13.1 Å². The minimum atomic E-state index is -1.27. The molecule has 1 aliphatic rings. The molecule has 0 saturated carbocycles. The predicted molar refractivity (Wildman–Crippen MR) is 71.8 cm³/mol. The number of nitro benzene ring substituents is 1. The fourth-order valence-electron chi connectivity index (χ4n) is 2.21. The molecule has 0 amide bonds. The van der Waals surface area contributed by atoms with Crippen LogP contribution in [0.25, 0.3) is 0 Å². The Bertz CT molecular complexity index is 487. The van der Waals surface area contributed by atoms with E-state index in [0.717, 1.165) is 31.5 Å². The lowest BCUT2D eigenvalue weighted by Crippen LogP contribution is -2.18. The van der Waals surface area contributed by atoms with Crippen molar-refractivity contribution in [1.82, 2.24) is 4.90 Å². The highest BCUT2D eigenvalue weighted by Gasteiger charge is 2.21. The fraction of sp³-hybridized carbons (Fsp3) is 0.417. The first kappa shape index (κ1) is 15.4. The minimum absolute atomic E-state index is 0. The summed E-state index contributed by atoms with van der Waals surface area (Å²) < 4.78 is 0. The van der Waals surface area contributed by atoms with Crippen LogP contribution in [0.4, 0.5) is 5.69 Å². The molecule has 0 bridgehead atoms. The van der Waals surface area contributed by atoms with Crippen molar-refractivity contribution in [3.63, 3.8) is 0 Å². The Morgan fingerprint density at radius 1 is 1.37 bits per heavy atom. The number of nitrogens with zero attached hydrogens (tertiary/aromatic N) is 2. The number of carboxylic acid groups (broad SMARTS) is 1. The van der Waals surface area contributed by atoms with E-state index in [1.165, 1.54) is 12.1 Å². The number of hydrogen-bond donors (Lipinski definition) is 1. The third kappa shape index (κ3) is 3.65. The SMILES string of the molecule is Cl.O=C(O)c1ccc(CN2CCCC2)cc1[N+](=O)[O-]. The van der Waals surface area contributed by atoms with E-state index in [1.54, 1.807) is 6.07 Å². The number of carbonyl (C=O) groups is 1. The monoisotopic (exact) mass is 286 g/mol. The van der Waals surface area contributed by atoms with Crippen LogP contribution in [-0.4, -0.2) is 34.0 Å². The summed E-state index contributed by atoms with van der Waals surface area (Å²) >= 11 is 0. The summed E-state index contributed by atoms with van der Waals surface area (Å²) in [5.74, 6) is -1.27. The lowest BCUT2D eigenvalue weighted by Gasteiger charge is -2.14. The maximum absolute atomic E-state index is 10.9. The zero-order valence-electron chi connectivity index (χ0n) is 10.2. The Morgan fingerprint density at radius 3 is 2.53 bits per heavy atom. The number of carboxylic acids is 1. The molecule has 1 aliphatic heterocycles. The number of hydrogen-bond acceptors (Lipinski definition) is 4. The average molecular weight is 287 g/mol. The van der Waals surface area contributed by atoms with Crippen molar-refractivity contribution in [3.8, 4) is 0 Å². The van der Waals surface area contributed by atoms with Crippen LogP contribution < -0.4 is 0 Å². The second-order valence-electron chi connectivity index (χ2n) is 4.40. The lowest BCUT2D eigenvalue weighted by atomic mass is 10.1. The van der Waals surface area contributed by atoms with Crippen LogP contribution in [0.3, 0.4) is 0 Å². The first-order valence-corrected chi connectivity index (χ1v) is 5.81. The minimum Gasteiger partial charge on any atom is -0.477 e. The van der Waals surface area contributed by atoms with Crippen molar-refractivity contribution in [1.29, 1.82) is 0 Å². The fourth-order valence-corrected chi connectivity index (χ4v) is 2.21. The van der Waals surface area contributed by atoms with Gasteiger partial charge >= 0.3 is 5.97 Å². The second-order valence-corrected chi connectivity index (χ2v) is 4.40. The van der Waals surface area contributed by atoms with Crippen LogP contribution in [-0.2, 0) is 6.54 Å². The van der Waals surface area contributed by atoms with Crippen LogP contribution in [0, 0.1) is 10.1 Å². The van der Waals surface area contributed by atoms with Gasteiger partial charge in [-0.25, -0.2) is 4.79 Å². The highest BCUT2D eigenvalue weighted by molar-refractivity contribution is 5.92. The number of likely N-dealkylation sites (tertiary alicyclic amines) is 1. The Morgan fingerprint density at radius 2 is 2.00 bits per heavy atom. The molecule has 1 saturated heterocycles. The van der Waals surface area contributed by atoms with E-state index >= 15 is 0 Å². The van der Waals surface area contributed by atoms with Crippen LogP contribution in [0.5, 0.6) is 0 Å². The predicted octanol–water partition coefficient (Wildman–Crippen LogP) is 2.31. The number of halogens is 1. The number of nitro groups is 1. The number of aromatic carboxylic acids is 1. The van der Waals surface area contributed by atoms with Crippen molar-refractivity contribution in [2.45, 2.75) is 19.4 Å². The molecule has 0 aromatic heterocycles. The standard InChI is InChI=1S/C12H14N2O4.ClH/c15-12(16)10-4-3-9(7-11(10)14(17)18)8-13-5-1-2-6-13;/h3-4,7H,1-2,5-6,8H2,(H,15,16);1H. The average Bonchev–Trinajstić information content (AvgIpc) is 2.81. The zero-order valence-corrected chi connectivity index (χ0v) is 11.1. The maximum atomic E-state index is 10.9. The molecule has 1 fully saturated rings. The van der Waals surface area contributed by atoms with Crippen molar-refractivity contribution in [2.24, 2.45) is 0 Å². The largest absolute Gasteiger partial charge is 0.477 e. The molecule has 0 atom stereocenters. The summed E-state index contributed by atoms with van der Waals surface area (Å²) in [4.78, 5) is 23.3. The molecule has 1 heterocycles. The molecule has 1 aromatic carbocycles. The summed E-state index contributed by atoms with van der Waals surface area (Å²) in [6.07, 6.45) is 2.30. The van der Waals surface area contributed by atoms with Gasteiger partial charge in [0.25, 0.3) is 5.69 Å². The van der Waals surface area contributed by atoms with Gasteiger partial charge in [-0.05, 0) is 37.6 Å². The van der Waals surface area contributed by atoms with Gasteiger partial charge in [0.05, 0.1) is 4.92 Å². The van der Waals surface area contributed by atoms with E-state index in [-0.39, 0.29) is 23.7 Å². The van der Waals surface area contributed by atoms with Gasteiger partial charge in [0.1, 0.15) is 5.56 Å². The van der Waals surface area contributed by atoms with Gasteiger partial charge in [-0.2, -0.15) is 0 Å². The van der Waals surface area contributed by atoms with Gasteiger partial charge in [0.15, 0.2) is 0 Å². The summed E-state index contributed by atoms with van der Waals surface area (Å²) in [5, 5.41) is 19.7. The molecule has 1 aromatic rings. The summed E-state index contributed by atoms with van der Waals surface area (Å²) in [6.45, 7) is 2.63. The Hall–Kier alpha value is -1.66. The van der Waals surface area contributed by atoms with Crippen molar-refractivity contribution < 1.29 is 14.8 Å². The molecular weight excluding hydrogens is 272 g/mol. The number of rotatable bonds is 4. The first-order chi connectivity index (χ1) is 8.58. The van der Waals surface area contributed by atoms with Gasteiger partial charge in [-0.1, -0.05) is 6.07 Å². The molecule has 0 radical (unpaired) electrons. The van der Waals surface area contributed by atoms with Crippen LogP contribution >= 0.6 is 12.4 Å². The van der Waals surface area contributed by atoms with E-state index in [1.807, 2.05) is 0 Å². The molecule has 1 N–H and O–H groups in total. The molecule has 7 heteroatoms. The molecule has 0 aliphatic carbocycles. The molecular formula is C12H15ClN2O4. The van der Waals surface area contributed by atoms with Crippen molar-refractivity contribution >= 4 is 24.1 Å². The third-order valence-corrected chi connectivity index (χ3v) is 3.09. The molecule has 0 spiro atoms. The third-order valence-electron chi connectivity index (χ3n) is 3.09.